The van der Waals surface area contributed by atoms with E-state index in [0.29, 0.717) is 0 Å². The monoisotopic (exact) mass is 280 g/mol. The van der Waals surface area contributed by atoms with E-state index in [1.165, 1.54) is 25.7 Å². The number of hydrogen-bond donors (Lipinski definition) is 1. The molecule has 0 amide bonds. The molecule has 0 unspecified atom stereocenters. The fourth-order valence-electron chi connectivity index (χ4n) is 4.00. The van der Waals surface area contributed by atoms with Crippen LogP contribution in [0, 0.1) is 5.41 Å². The highest BCUT2D eigenvalue weighted by molar-refractivity contribution is 5.75. The van der Waals surface area contributed by atoms with E-state index >= 15 is 0 Å². The summed E-state index contributed by atoms with van der Waals surface area (Å²) in [7, 11) is 0. The Morgan fingerprint density at radius 3 is 2.10 bits per heavy atom. The summed E-state index contributed by atoms with van der Waals surface area (Å²) in [5.41, 5.74) is -0.460. The van der Waals surface area contributed by atoms with E-state index in [9.17, 15) is 9.90 Å². The third kappa shape index (κ3) is 3.17. The van der Waals surface area contributed by atoms with E-state index in [4.69, 9.17) is 0 Å². The lowest BCUT2D eigenvalue weighted by Crippen LogP contribution is -2.52. The molecule has 0 aromatic carbocycles. The average molecular weight is 280 g/mol. The highest BCUT2D eigenvalue weighted by atomic mass is 16.4. The maximum absolute atomic E-state index is 11.8. The number of nitrogens with zero attached hydrogens (tertiary/aromatic N) is 2. The Labute approximate surface area is 122 Å². The minimum absolute atomic E-state index is 0.460. The van der Waals surface area contributed by atoms with Crippen LogP contribution in [0.1, 0.15) is 51.4 Å². The molecule has 4 nitrogen and oxygen atoms in total. The lowest BCUT2D eigenvalue weighted by molar-refractivity contribution is -0.151. The number of carboxylic acid groups (broad SMARTS) is 1. The predicted octanol–water partition coefficient (Wildman–Crippen LogP) is 2.19. The molecule has 0 radical (unpaired) electrons. The van der Waals surface area contributed by atoms with Crippen LogP contribution in [0.2, 0.25) is 0 Å². The van der Waals surface area contributed by atoms with E-state index in [-0.39, 0.29) is 0 Å². The summed E-state index contributed by atoms with van der Waals surface area (Å²) in [6.07, 6.45) is 9.12. The molecule has 3 aliphatic rings. The van der Waals surface area contributed by atoms with Gasteiger partial charge in [0.15, 0.2) is 0 Å². The molecule has 20 heavy (non-hydrogen) atoms. The number of piperazine rings is 1. The molecule has 0 bridgehead atoms. The van der Waals surface area contributed by atoms with Crippen molar-refractivity contribution in [1.29, 1.82) is 0 Å². The van der Waals surface area contributed by atoms with Gasteiger partial charge < -0.3 is 5.11 Å². The first kappa shape index (κ1) is 14.3. The number of carbonyl (C=O) groups is 1. The van der Waals surface area contributed by atoms with Crippen LogP contribution < -0.4 is 0 Å². The SMILES string of the molecule is O=C(O)C1(CN2CCN(C3CC3)CC2)CCCCCC1. The molecule has 0 spiro atoms. The molecule has 0 atom stereocenters. The van der Waals surface area contributed by atoms with Gasteiger partial charge in [0.05, 0.1) is 5.41 Å². The fraction of sp³-hybridized carbons (Fsp3) is 0.938. The fourth-order valence-corrected chi connectivity index (χ4v) is 4.00. The first-order valence-electron chi connectivity index (χ1n) is 8.39. The summed E-state index contributed by atoms with van der Waals surface area (Å²) in [6.45, 7) is 5.18. The lowest BCUT2D eigenvalue weighted by Gasteiger charge is -2.40. The molecule has 114 valence electrons. The minimum Gasteiger partial charge on any atom is -0.481 e. The van der Waals surface area contributed by atoms with Gasteiger partial charge in [-0.2, -0.15) is 0 Å². The van der Waals surface area contributed by atoms with Gasteiger partial charge in [0, 0.05) is 38.8 Å². The Kier molecular flexibility index (Phi) is 4.32. The van der Waals surface area contributed by atoms with Crippen LogP contribution in [0.3, 0.4) is 0 Å². The van der Waals surface area contributed by atoms with E-state index in [1.807, 2.05) is 0 Å². The van der Waals surface area contributed by atoms with Crippen LogP contribution >= 0.6 is 0 Å². The summed E-state index contributed by atoms with van der Waals surface area (Å²) in [5, 5.41) is 9.76. The molecule has 3 fully saturated rings. The van der Waals surface area contributed by atoms with Crippen LogP contribution in [-0.4, -0.2) is 59.6 Å². The summed E-state index contributed by atoms with van der Waals surface area (Å²) < 4.78 is 0. The molecular weight excluding hydrogens is 252 g/mol. The highest BCUT2D eigenvalue weighted by Crippen LogP contribution is 2.37. The normalized spacial score (nSPS) is 29.0. The topological polar surface area (TPSA) is 43.8 Å². The van der Waals surface area contributed by atoms with Crippen molar-refractivity contribution in [1.82, 2.24) is 9.80 Å². The van der Waals surface area contributed by atoms with Gasteiger partial charge >= 0.3 is 5.97 Å². The molecule has 1 N–H and O–H groups in total. The average Bonchev–Trinajstić information content (AvgIpc) is 3.27. The summed E-state index contributed by atoms with van der Waals surface area (Å²) in [5.74, 6) is -0.552. The van der Waals surface area contributed by atoms with E-state index < -0.39 is 11.4 Å². The van der Waals surface area contributed by atoms with Crippen LogP contribution in [0.4, 0.5) is 0 Å². The van der Waals surface area contributed by atoms with Gasteiger partial charge in [-0.25, -0.2) is 0 Å². The third-order valence-corrected chi connectivity index (χ3v) is 5.51. The molecule has 4 heteroatoms. The zero-order chi connectivity index (χ0) is 14.0. The molecular formula is C16H28N2O2. The van der Waals surface area contributed by atoms with Crippen molar-refractivity contribution in [3.63, 3.8) is 0 Å². The number of carboxylic acids is 1. The second kappa shape index (κ2) is 6.02. The van der Waals surface area contributed by atoms with Crippen LogP contribution in [0.25, 0.3) is 0 Å². The van der Waals surface area contributed by atoms with Gasteiger partial charge in [-0.1, -0.05) is 25.7 Å². The minimum atomic E-state index is -0.552. The quantitative estimate of drug-likeness (QED) is 0.802. The van der Waals surface area contributed by atoms with E-state index in [0.717, 1.165) is 64.4 Å². The van der Waals surface area contributed by atoms with Crippen molar-refractivity contribution >= 4 is 5.97 Å². The summed E-state index contributed by atoms with van der Waals surface area (Å²) in [6, 6.07) is 0.850. The Morgan fingerprint density at radius 1 is 1.00 bits per heavy atom. The molecule has 1 saturated heterocycles. The van der Waals surface area contributed by atoms with Crippen molar-refractivity contribution in [2.75, 3.05) is 32.7 Å². The Morgan fingerprint density at radius 2 is 1.60 bits per heavy atom. The number of hydrogen-bond acceptors (Lipinski definition) is 3. The van der Waals surface area contributed by atoms with Crippen molar-refractivity contribution in [2.45, 2.75) is 57.4 Å². The van der Waals surface area contributed by atoms with Gasteiger partial charge in [-0.15, -0.1) is 0 Å². The molecule has 2 saturated carbocycles. The van der Waals surface area contributed by atoms with Crippen LogP contribution in [0.5, 0.6) is 0 Å². The lowest BCUT2D eigenvalue weighted by atomic mass is 9.79. The van der Waals surface area contributed by atoms with Gasteiger partial charge in [0.1, 0.15) is 0 Å². The van der Waals surface area contributed by atoms with Crippen molar-refractivity contribution in [2.24, 2.45) is 5.41 Å². The first-order valence-corrected chi connectivity index (χ1v) is 8.39. The Balaban J connectivity index is 1.57. The summed E-state index contributed by atoms with van der Waals surface area (Å²) in [4.78, 5) is 16.9. The number of aliphatic carboxylic acids is 1. The van der Waals surface area contributed by atoms with E-state index in [1.54, 1.807) is 0 Å². The maximum atomic E-state index is 11.8. The van der Waals surface area contributed by atoms with Crippen molar-refractivity contribution in [3.8, 4) is 0 Å². The largest absolute Gasteiger partial charge is 0.481 e. The second-order valence-corrected chi connectivity index (χ2v) is 7.04. The van der Waals surface area contributed by atoms with Crippen LogP contribution in [0.15, 0.2) is 0 Å². The van der Waals surface area contributed by atoms with Gasteiger partial charge in [0.2, 0.25) is 0 Å². The van der Waals surface area contributed by atoms with Gasteiger partial charge in [-0.3, -0.25) is 14.6 Å². The molecule has 0 aromatic rings. The molecule has 1 heterocycles. The van der Waals surface area contributed by atoms with Crippen molar-refractivity contribution in [3.05, 3.63) is 0 Å². The predicted molar refractivity (Wildman–Crippen MR) is 78.8 cm³/mol. The Hall–Kier alpha value is -0.610. The standard InChI is InChI=1S/C16H28N2O2/c19-15(20)16(7-3-1-2-4-8-16)13-17-9-11-18(12-10-17)14-5-6-14/h14H,1-13H2,(H,19,20). The van der Waals surface area contributed by atoms with Crippen molar-refractivity contribution < 1.29 is 9.90 Å². The van der Waals surface area contributed by atoms with Gasteiger partial charge in [0.25, 0.3) is 0 Å². The maximum Gasteiger partial charge on any atom is 0.310 e. The second-order valence-electron chi connectivity index (χ2n) is 7.04. The smallest absolute Gasteiger partial charge is 0.310 e. The van der Waals surface area contributed by atoms with Gasteiger partial charge in [-0.05, 0) is 25.7 Å². The first-order chi connectivity index (χ1) is 9.70. The zero-order valence-electron chi connectivity index (χ0n) is 12.5. The highest BCUT2D eigenvalue weighted by Gasteiger charge is 2.41. The molecule has 3 rings (SSSR count). The molecule has 1 aliphatic heterocycles. The Bertz CT molecular complexity index is 338. The third-order valence-electron chi connectivity index (χ3n) is 5.51. The van der Waals surface area contributed by atoms with E-state index in [2.05, 4.69) is 9.80 Å². The van der Waals surface area contributed by atoms with Crippen LogP contribution in [-0.2, 0) is 4.79 Å². The molecule has 0 aromatic heterocycles. The summed E-state index contributed by atoms with van der Waals surface area (Å²) >= 11 is 0. The molecule has 2 aliphatic carbocycles. The number of rotatable bonds is 4. The zero-order valence-corrected chi connectivity index (χ0v) is 12.5.